The molecular weight excluding hydrogens is 391 g/mol. The monoisotopic (exact) mass is 406 g/mol. The van der Waals surface area contributed by atoms with Gasteiger partial charge in [-0.25, -0.2) is 4.99 Å². The van der Waals surface area contributed by atoms with Crippen LogP contribution in [0.3, 0.4) is 0 Å². The van der Waals surface area contributed by atoms with E-state index in [0.29, 0.717) is 32.2 Å². The van der Waals surface area contributed by atoms with Crippen LogP contribution in [0, 0.1) is 6.92 Å². The van der Waals surface area contributed by atoms with Crippen LogP contribution in [0.25, 0.3) is 6.08 Å². The van der Waals surface area contributed by atoms with E-state index in [4.69, 9.17) is 23.2 Å². The van der Waals surface area contributed by atoms with Gasteiger partial charge in [0.05, 0.1) is 10.6 Å². The number of phenols is 1. The van der Waals surface area contributed by atoms with E-state index < -0.39 is 0 Å². The Morgan fingerprint density at radius 3 is 2.77 bits per heavy atom. The summed E-state index contributed by atoms with van der Waals surface area (Å²) < 4.78 is 0. The molecule has 4 nitrogen and oxygen atoms in total. The molecule has 1 amide bonds. The molecule has 0 atom stereocenters. The van der Waals surface area contributed by atoms with Crippen molar-refractivity contribution in [1.82, 2.24) is 4.90 Å². The van der Waals surface area contributed by atoms with Crippen molar-refractivity contribution < 1.29 is 9.90 Å². The maximum absolute atomic E-state index is 12.7. The van der Waals surface area contributed by atoms with E-state index in [2.05, 4.69) is 4.99 Å². The molecule has 1 saturated heterocycles. The van der Waals surface area contributed by atoms with E-state index in [0.717, 1.165) is 11.3 Å². The molecule has 2 aromatic carbocycles. The van der Waals surface area contributed by atoms with Gasteiger partial charge in [-0.1, -0.05) is 29.3 Å². The standard InChI is InChI=1S/C19H16Cl2N2O2S/c1-3-23-18(25)17(10-12-9-13(20)7-8-16(12)24)26-19(23)22-15-6-4-5-14(21)11(15)2/h4-10,24H,3H2,1-2H3/b17-10-,22-19?. The molecule has 1 N–H and O–H groups in total. The molecule has 3 rings (SSSR count). The third kappa shape index (κ3) is 3.75. The Kier molecular flexibility index (Phi) is 5.61. The zero-order chi connectivity index (χ0) is 18.8. The Balaban J connectivity index is 2.01. The first-order chi connectivity index (χ1) is 12.4. The van der Waals surface area contributed by atoms with Crippen LogP contribution in [0.5, 0.6) is 5.75 Å². The molecule has 2 aromatic rings. The van der Waals surface area contributed by atoms with Crippen LogP contribution in [-0.4, -0.2) is 27.6 Å². The van der Waals surface area contributed by atoms with Crippen LogP contribution in [-0.2, 0) is 4.79 Å². The van der Waals surface area contributed by atoms with Gasteiger partial charge in [-0.15, -0.1) is 0 Å². The second-order valence-electron chi connectivity index (χ2n) is 5.64. The van der Waals surface area contributed by atoms with Crippen molar-refractivity contribution in [3.05, 3.63) is 62.5 Å². The number of aliphatic imine (C=N–C) groups is 1. The van der Waals surface area contributed by atoms with Crippen LogP contribution >= 0.6 is 35.0 Å². The van der Waals surface area contributed by atoms with Gasteiger partial charge in [0, 0.05) is 22.2 Å². The highest BCUT2D eigenvalue weighted by Crippen LogP contribution is 2.36. The van der Waals surface area contributed by atoms with Gasteiger partial charge in [0.25, 0.3) is 5.91 Å². The Morgan fingerprint density at radius 2 is 2.04 bits per heavy atom. The normalized spacial score (nSPS) is 17.5. The first-order valence-electron chi connectivity index (χ1n) is 7.94. The highest BCUT2D eigenvalue weighted by molar-refractivity contribution is 8.18. The average molecular weight is 407 g/mol. The van der Waals surface area contributed by atoms with E-state index in [1.807, 2.05) is 26.0 Å². The first kappa shape index (κ1) is 18.8. The fourth-order valence-electron chi connectivity index (χ4n) is 2.47. The Labute approximate surface area is 166 Å². The Hall–Kier alpha value is -1.95. The number of halogens is 2. The van der Waals surface area contributed by atoms with Crippen LogP contribution in [0.4, 0.5) is 5.69 Å². The number of carbonyl (C=O) groups excluding carboxylic acids is 1. The van der Waals surface area contributed by atoms with Gasteiger partial charge in [0.15, 0.2) is 5.17 Å². The topological polar surface area (TPSA) is 52.9 Å². The molecule has 1 heterocycles. The van der Waals surface area contributed by atoms with Gasteiger partial charge in [-0.3, -0.25) is 9.69 Å². The molecule has 0 spiro atoms. The largest absolute Gasteiger partial charge is 0.507 e. The van der Waals surface area contributed by atoms with E-state index in [-0.39, 0.29) is 11.7 Å². The maximum atomic E-state index is 12.7. The SMILES string of the molecule is CCN1C(=O)/C(=C/c2cc(Cl)ccc2O)SC1=Nc1cccc(Cl)c1C. The maximum Gasteiger partial charge on any atom is 0.266 e. The average Bonchev–Trinajstić information content (AvgIpc) is 2.90. The third-order valence-corrected chi connectivity index (χ3v) is 5.59. The number of amides is 1. The van der Waals surface area contributed by atoms with Crippen molar-refractivity contribution in [3.8, 4) is 5.75 Å². The molecule has 7 heteroatoms. The van der Waals surface area contributed by atoms with Gasteiger partial charge in [0.2, 0.25) is 0 Å². The van der Waals surface area contributed by atoms with Crippen molar-refractivity contribution in [2.24, 2.45) is 4.99 Å². The minimum absolute atomic E-state index is 0.0643. The number of carbonyl (C=O) groups is 1. The number of thioether (sulfide) groups is 1. The van der Waals surface area contributed by atoms with Crippen LogP contribution in [0.15, 0.2) is 46.3 Å². The van der Waals surface area contributed by atoms with Gasteiger partial charge >= 0.3 is 0 Å². The summed E-state index contributed by atoms with van der Waals surface area (Å²) >= 11 is 13.4. The van der Waals surface area contributed by atoms with Crippen LogP contribution < -0.4 is 0 Å². The van der Waals surface area contributed by atoms with E-state index >= 15 is 0 Å². The van der Waals surface area contributed by atoms with Crippen molar-refractivity contribution in [1.29, 1.82) is 0 Å². The smallest absolute Gasteiger partial charge is 0.266 e. The number of likely N-dealkylation sites (N-methyl/N-ethyl adjacent to an activating group) is 1. The molecular formula is C19H16Cl2N2O2S. The summed E-state index contributed by atoms with van der Waals surface area (Å²) in [5, 5.41) is 11.7. The van der Waals surface area contributed by atoms with E-state index in [9.17, 15) is 9.90 Å². The molecule has 0 bridgehead atoms. The number of phenolic OH excluding ortho intramolecular Hbond substituents is 1. The fraction of sp³-hybridized carbons (Fsp3) is 0.158. The highest BCUT2D eigenvalue weighted by Gasteiger charge is 2.32. The van der Waals surface area contributed by atoms with Crippen molar-refractivity contribution in [2.75, 3.05) is 6.54 Å². The number of benzene rings is 2. The lowest BCUT2D eigenvalue weighted by molar-refractivity contribution is -0.122. The molecule has 0 unspecified atom stereocenters. The molecule has 1 aliphatic rings. The van der Waals surface area contributed by atoms with Crippen molar-refractivity contribution >= 4 is 57.8 Å². The molecule has 1 aliphatic heterocycles. The third-order valence-electron chi connectivity index (χ3n) is 3.94. The zero-order valence-corrected chi connectivity index (χ0v) is 16.5. The quantitative estimate of drug-likeness (QED) is 0.671. The highest BCUT2D eigenvalue weighted by atomic mass is 35.5. The summed E-state index contributed by atoms with van der Waals surface area (Å²) in [6, 6.07) is 10.2. The second kappa shape index (κ2) is 7.74. The minimum atomic E-state index is -0.157. The first-order valence-corrected chi connectivity index (χ1v) is 9.51. The van der Waals surface area contributed by atoms with Gasteiger partial charge in [0.1, 0.15) is 5.75 Å². The predicted octanol–water partition coefficient (Wildman–Crippen LogP) is 5.63. The van der Waals surface area contributed by atoms with Crippen molar-refractivity contribution in [3.63, 3.8) is 0 Å². The molecule has 0 aromatic heterocycles. The summed E-state index contributed by atoms with van der Waals surface area (Å²) in [7, 11) is 0. The number of hydrogen-bond acceptors (Lipinski definition) is 4. The number of rotatable bonds is 3. The lowest BCUT2D eigenvalue weighted by atomic mass is 10.2. The van der Waals surface area contributed by atoms with Gasteiger partial charge in [-0.2, -0.15) is 0 Å². The van der Waals surface area contributed by atoms with E-state index in [1.54, 1.807) is 29.2 Å². The molecule has 1 fully saturated rings. The molecule has 134 valence electrons. The Bertz CT molecular complexity index is 941. The minimum Gasteiger partial charge on any atom is -0.507 e. The summed E-state index contributed by atoms with van der Waals surface area (Å²) in [6.45, 7) is 4.27. The molecule has 0 aliphatic carbocycles. The summed E-state index contributed by atoms with van der Waals surface area (Å²) in [6.07, 6.45) is 1.63. The van der Waals surface area contributed by atoms with Gasteiger partial charge < -0.3 is 5.11 Å². The second-order valence-corrected chi connectivity index (χ2v) is 7.49. The fourth-order valence-corrected chi connectivity index (χ4v) is 3.87. The van der Waals surface area contributed by atoms with Gasteiger partial charge in [-0.05, 0) is 67.6 Å². The number of aromatic hydroxyl groups is 1. The molecule has 0 saturated carbocycles. The zero-order valence-electron chi connectivity index (χ0n) is 14.2. The predicted molar refractivity (Wildman–Crippen MR) is 109 cm³/mol. The molecule has 26 heavy (non-hydrogen) atoms. The summed E-state index contributed by atoms with van der Waals surface area (Å²) in [5.74, 6) is -0.0928. The summed E-state index contributed by atoms with van der Waals surface area (Å²) in [5.41, 5.74) is 2.07. The van der Waals surface area contributed by atoms with Crippen LogP contribution in [0.1, 0.15) is 18.1 Å². The Morgan fingerprint density at radius 1 is 1.27 bits per heavy atom. The number of hydrogen-bond donors (Lipinski definition) is 1. The molecule has 0 radical (unpaired) electrons. The summed E-state index contributed by atoms with van der Waals surface area (Å²) in [4.78, 5) is 19.4. The van der Waals surface area contributed by atoms with Crippen molar-refractivity contribution in [2.45, 2.75) is 13.8 Å². The number of nitrogens with zero attached hydrogens (tertiary/aromatic N) is 2. The lowest BCUT2D eigenvalue weighted by Crippen LogP contribution is -2.28. The lowest BCUT2D eigenvalue weighted by Gasteiger charge is -2.12. The number of amidine groups is 1. The van der Waals surface area contributed by atoms with Crippen LogP contribution in [0.2, 0.25) is 10.0 Å². The van der Waals surface area contributed by atoms with E-state index in [1.165, 1.54) is 17.8 Å².